The Morgan fingerprint density at radius 3 is 3.00 bits per heavy atom. The molecule has 2 heterocycles. The van der Waals surface area contributed by atoms with Crippen LogP contribution in [-0.4, -0.2) is 27.8 Å². The lowest BCUT2D eigenvalue weighted by Crippen LogP contribution is -2.20. The predicted molar refractivity (Wildman–Crippen MR) is 63.4 cm³/mol. The number of hydrogen-bond acceptors (Lipinski definition) is 7. The Labute approximate surface area is 103 Å². The Morgan fingerprint density at radius 1 is 1.53 bits per heavy atom. The van der Waals surface area contributed by atoms with Gasteiger partial charge in [-0.3, -0.25) is 4.98 Å². The molecule has 0 saturated carbocycles. The molecule has 92 valence electrons. The van der Waals surface area contributed by atoms with Crippen molar-refractivity contribution in [3.63, 3.8) is 0 Å². The second-order valence-corrected chi connectivity index (χ2v) is 4.70. The quantitative estimate of drug-likeness (QED) is 0.872. The molecule has 1 unspecified atom stereocenters. The fraction of sp³-hybridized carbons (Fsp3) is 0.500. The van der Waals surface area contributed by atoms with Crippen molar-refractivity contribution in [3.05, 3.63) is 17.5 Å². The summed E-state index contributed by atoms with van der Waals surface area (Å²) in [7, 11) is 0. The van der Waals surface area contributed by atoms with E-state index in [-0.39, 0.29) is 12.1 Å². The van der Waals surface area contributed by atoms with Crippen molar-refractivity contribution in [2.75, 3.05) is 6.61 Å². The van der Waals surface area contributed by atoms with Crippen molar-refractivity contribution in [1.82, 2.24) is 15.1 Å². The van der Waals surface area contributed by atoms with Gasteiger partial charge in [-0.1, -0.05) is 5.16 Å². The SMILES string of the molecule is CC(C)OCC(N)c1noc(-c2cncs2)n1. The van der Waals surface area contributed by atoms with Gasteiger partial charge in [-0.25, -0.2) is 0 Å². The van der Waals surface area contributed by atoms with Crippen LogP contribution in [0.5, 0.6) is 0 Å². The van der Waals surface area contributed by atoms with E-state index >= 15 is 0 Å². The lowest BCUT2D eigenvalue weighted by atomic mass is 10.3. The summed E-state index contributed by atoms with van der Waals surface area (Å²) < 4.78 is 10.5. The average Bonchev–Trinajstić information content (AvgIpc) is 2.94. The smallest absolute Gasteiger partial charge is 0.269 e. The van der Waals surface area contributed by atoms with Crippen molar-refractivity contribution in [2.45, 2.75) is 26.0 Å². The highest BCUT2D eigenvalue weighted by Crippen LogP contribution is 2.22. The number of nitrogens with zero attached hydrogens (tertiary/aromatic N) is 3. The zero-order chi connectivity index (χ0) is 12.3. The van der Waals surface area contributed by atoms with E-state index in [0.717, 1.165) is 4.88 Å². The van der Waals surface area contributed by atoms with Crippen LogP contribution >= 0.6 is 11.3 Å². The highest BCUT2D eigenvalue weighted by atomic mass is 32.1. The Balaban J connectivity index is 2.03. The molecule has 0 fully saturated rings. The molecule has 0 saturated heterocycles. The summed E-state index contributed by atoms with van der Waals surface area (Å²) in [5.41, 5.74) is 7.60. The highest BCUT2D eigenvalue weighted by molar-refractivity contribution is 7.13. The third kappa shape index (κ3) is 3.09. The molecule has 0 amide bonds. The van der Waals surface area contributed by atoms with Crippen LogP contribution in [0.4, 0.5) is 0 Å². The van der Waals surface area contributed by atoms with Gasteiger partial charge in [0.1, 0.15) is 4.88 Å². The molecule has 2 N–H and O–H groups in total. The minimum Gasteiger partial charge on any atom is -0.377 e. The summed E-state index contributed by atoms with van der Waals surface area (Å²) in [4.78, 5) is 9.00. The largest absolute Gasteiger partial charge is 0.377 e. The van der Waals surface area contributed by atoms with Crippen molar-refractivity contribution in [2.24, 2.45) is 5.73 Å². The number of ether oxygens (including phenoxy) is 1. The normalized spacial score (nSPS) is 13.2. The van der Waals surface area contributed by atoms with Crippen LogP contribution in [0.2, 0.25) is 0 Å². The summed E-state index contributed by atoms with van der Waals surface area (Å²) in [6, 6.07) is -0.372. The van der Waals surface area contributed by atoms with E-state index in [2.05, 4.69) is 15.1 Å². The lowest BCUT2D eigenvalue weighted by molar-refractivity contribution is 0.0665. The maximum Gasteiger partial charge on any atom is 0.269 e. The van der Waals surface area contributed by atoms with Crippen molar-refractivity contribution in [1.29, 1.82) is 0 Å². The molecular formula is C10H14N4O2S. The first-order chi connectivity index (χ1) is 8.16. The molecule has 0 aliphatic heterocycles. The molecule has 6 nitrogen and oxygen atoms in total. The second kappa shape index (κ2) is 5.35. The van der Waals surface area contributed by atoms with Crippen molar-refractivity contribution in [3.8, 4) is 10.8 Å². The second-order valence-electron chi connectivity index (χ2n) is 3.81. The Bertz CT molecular complexity index is 455. The lowest BCUT2D eigenvalue weighted by Gasteiger charge is -2.10. The topological polar surface area (TPSA) is 87.1 Å². The highest BCUT2D eigenvalue weighted by Gasteiger charge is 2.16. The molecule has 0 aliphatic rings. The minimum absolute atomic E-state index is 0.133. The van der Waals surface area contributed by atoms with Crippen molar-refractivity contribution >= 4 is 11.3 Å². The first kappa shape index (κ1) is 12.2. The molecule has 0 aromatic carbocycles. The maximum atomic E-state index is 5.89. The molecule has 1 atom stereocenters. The molecule has 0 spiro atoms. The molecule has 0 bridgehead atoms. The van der Waals surface area contributed by atoms with Crippen LogP contribution in [0, 0.1) is 0 Å². The van der Waals surface area contributed by atoms with Crippen LogP contribution in [-0.2, 0) is 4.74 Å². The van der Waals surface area contributed by atoms with Crippen LogP contribution in [0.1, 0.15) is 25.7 Å². The Kier molecular flexibility index (Phi) is 3.82. The summed E-state index contributed by atoms with van der Waals surface area (Å²) in [5.74, 6) is 0.900. The average molecular weight is 254 g/mol. The molecule has 0 aliphatic carbocycles. The van der Waals surface area contributed by atoms with Gasteiger partial charge in [0.15, 0.2) is 5.82 Å². The first-order valence-electron chi connectivity index (χ1n) is 5.26. The van der Waals surface area contributed by atoms with E-state index in [1.54, 1.807) is 11.7 Å². The number of aromatic nitrogens is 3. The zero-order valence-electron chi connectivity index (χ0n) is 9.66. The molecule has 2 aromatic rings. The van der Waals surface area contributed by atoms with E-state index in [9.17, 15) is 0 Å². The third-order valence-corrected chi connectivity index (χ3v) is 2.79. The van der Waals surface area contributed by atoms with Gasteiger partial charge in [-0.05, 0) is 13.8 Å². The first-order valence-corrected chi connectivity index (χ1v) is 6.14. The Morgan fingerprint density at radius 2 is 2.35 bits per heavy atom. The van der Waals surface area contributed by atoms with Crippen LogP contribution < -0.4 is 5.73 Å². The van der Waals surface area contributed by atoms with E-state index < -0.39 is 0 Å². The molecule has 2 aromatic heterocycles. The van der Waals surface area contributed by atoms with E-state index in [4.69, 9.17) is 15.0 Å². The summed E-state index contributed by atoms with van der Waals surface area (Å²) in [6.07, 6.45) is 1.81. The van der Waals surface area contributed by atoms with Gasteiger partial charge in [0, 0.05) is 0 Å². The fourth-order valence-corrected chi connectivity index (χ4v) is 1.72. The van der Waals surface area contributed by atoms with Crippen molar-refractivity contribution < 1.29 is 9.26 Å². The van der Waals surface area contributed by atoms with Gasteiger partial charge in [-0.15, -0.1) is 11.3 Å². The van der Waals surface area contributed by atoms with Crippen LogP contribution in [0.25, 0.3) is 10.8 Å². The predicted octanol–water partition coefficient (Wildman–Crippen LogP) is 1.62. The van der Waals surface area contributed by atoms with E-state index in [1.165, 1.54) is 11.3 Å². The molecule has 0 radical (unpaired) electrons. The standard InChI is InChI=1S/C10H14N4O2S/c1-6(2)15-4-7(11)9-13-10(16-14-9)8-3-12-5-17-8/h3,5-7H,4,11H2,1-2H3. The zero-order valence-corrected chi connectivity index (χ0v) is 10.5. The summed E-state index contributed by atoms with van der Waals surface area (Å²) >= 11 is 1.44. The van der Waals surface area contributed by atoms with Gasteiger partial charge in [0.2, 0.25) is 0 Å². The summed E-state index contributed by atoms with van der Waals surface area (Å²) in [5, 5.41) is 3.84. The number of nitrogens with two attached hydrogens (primary N) is 1. The number of thiazole rings is 1. The monoisotopic (exact) mass is 254 g/mol. The Hall–Kier alpha value is -1.31. The fourth-order valence-electron chi connectivity index (χ4n) is 1.18. The molecular weight excluding hydrogens is 240 g/mol. The van der Waals surface area contributed by atoms with Gasteiger partial charge >= 0.3 is 0 Å². The minimum atomic E-state index is -0.372. The van der Waals surface area contributed by atoms with Gasteiger partial charge in [0.05, 0.1) is 30.5 Å². The van der Waals surface area contributed by atoms with Crippen LogP contribution in [0.3, 0.4) is 0 Å². The molecule has 2 rings (SSSR count). The number of rotatable bonds is 5. The van der Waals surface area contributed by atoms with E-state index in [0.29, 0.717) is 18.3 Å². The maximum absolute atomic E-state index is 5.89. The van der Waals surface area contributed by atoms with Gasteiger partial charge in [-0.2, -0.15) is 4.98 Å². The van der Waals surface area contributed by atoms with Gasteiger partial charge in [0.25, 0.3) is 5.89 Å². The number of hydrogen-bond donors (Lipinski definition) is 1. The van der Waals surface area contributed by atoms with Crippen LogP contribution in [0.15, 0.2) is 16.2 Å². The third-order valence-electron chi connectivity index (χ3n) is 2.03. The van der Waals surface area contributed by atoms with E-state index in [1.807, 2.05) is 13.8 Å². The summed E-state index contributed by atoms with van der Waals surface area (Å²) in [6.45, 7) is 4.27. The molecule has 17 heavy (non-hydrogen) atoms. The van der Waals surface area contributed by atoms with Gasteiger partial charge < -0.3 is 15.0 Å². The molecule has 7 heteroatoms.